The Balaban J connectivity index is 1.75. The van der Waals surface area contributed by atoms with Gasteiger partial charge in [0.1, 0.15) is 6.61 Å². The second-order valence-electron chi connectivity index (χ2n) is 6.33. The molecule has 0 aliphatic rings. The monoisotopic (exact) mass is 460 g/mol. The Bertz CT molecular complexity index is 1130. The van der Waals surface area contributed by atoms with Crippen LogP contribution in [0.4, 0.5) is 16.5 Å². The number of nitrogens with zero attached hydrogens (tertiary/aromatic N) is 2. The standard InChI is InChI=1S/C20H17ClN4O5S/c1-12(26)23-20-24-14(11-31-20)10-30-19(27)16-8-15(25(28)29)6-7-18(16)22-9-13-4-2-3-5-17(13)21/h2-8,11,22H,9-10H2,1H3,(H,23,24,26). The zero-order chi connectivity index (χ0) is 22.4. The molecule has 0 bridgehead atoms. The van der Waals surface area contributed by atoms with Crippen molar-refractivity contribution < 1.29 is 19.2 Å². The van der Waals surface area contributed by atoms with Gasteiger partial charge < -0.3 is 15.4 Å². The number of hydrogen-bond donors (Lipinski definition) is 2. The lowest BCUT2D eigenvalue weighted by Gasteiger charge is -2.12. The zero-order valence-electron chi connectivity index (χ0n) is 16.3. The maximum atomic E-state index is 12.7. The third kappa shape index (κ3) is 6.00. The van der Waals surface area contributed by atoms with E-state index in [0.29, 0.717) is 28.1 Å². The fourth-order valence-electron chi connectivity index (χ4n) is 2.60. The van der Waals surface area contributed by atoms with E-state index in [-0.39, 0.29) is 23.8 Å². The van der Waals surface area contributed by atoms with E-state index in [4.69, 9.17) is 16.3 Å². The number of carbonyl (C=O) groups excluding carboxylic acids is 2. The SMILES string of the molecule is CC(=O)Nc1nc(COC(=O)c2cc([N+](=O)[O-])ccc2NCc2ccccc2Cl)cs1. The lowest BCUT2D eigenvalue weighted by Crippen LogP contribution is -2.11. The van der Waals surface area contributed by atoms with Crippen LogP contribution in [0.1, 0.15) is 28.5 Å². The average Bonchev–Trinajstić information content (AvgIpc) is 3.17. The Labute approximate surface area is 186 Å². The summed E-state index contributed by atoms with van der Waals surface area (Å²) in [6.45, 7) is 1.52. The van der Waals surface area contributed by atoms with E-state index in [1.54, 1.807) is 17.5 Å². The van der Waals surface area contributed by atoms with Crippen molar-refractivity contribution in [1.29, 1.82) is 0 Å². The van der Waals surface area contributed by atoms with Crippen molar-refractivity contribution in [2.75, 3.05) is 10.6 Å². The number of benzene rings is 2. The van der Waals surface area contributed by atoms with Gasteiger partial charge >= 0.3 is 5.97 Å². The number of carbonyl (C=O) groups is 2. The van der Waals surface area contributed by atoms with Crippen molar-refractivity contribution in [3.8, 4) is 0 Å². The van der Waals surface area contributed by atoms with Crippen LogP contribution in [-0.2, 0) is 22.7 Å². The minimum Gasteiger partial charge on any atom is -0.455 e. The molecule has 0 aliphatic carbocycles. The molecule has 0 saturated carbocycles. The molecule has 0 unspecified atom stereocenters. The number of nitrogens with one attached hydrogen (secondary N) is 2. The Morgan fingerprint density at radius 3 is 2.74 bits per heavy atom. The molecule has 0 aliphatic heterocycles. The van der Waals surface area contributed by atoms with Crippen molar-refractivity contribution >= 4 is 51.3 Å². The van der Waals surface area contributed by atoms with Crippen LogP contribution in [0.5, 0.6) is 0 Å². The summed E-state index contributed by atoms with van der Waals surface area (Å²) in [5.41, 5.74) is 1.39. The number of thiazole rings is 1. The molecule has 9 nitrogen and oxygen atoms in total. The highest BCUT2D eigenvalue weighted by Gasteiger charge is 2.19. The molecule has 31 heavy (non-hydrogen) atoms. The van der Waals surface area contributed by atoms with Crippen LogP contribution in [-0.4, -0.2) is 21.8 Å². The number of aromatic nitrogens is 1. The van der Waals surface area contributed by atoms with Crippen molar-refractivity contribution in [3.63, 3.8) is 0 Å². The number of amides is 1. The molecular formula is C20H17ClN4O5S. The average molecular weight is 461 g/mol. The summed E-state index contributed by atoms with van der Waals surface area (Å²) in [7, 11) is 0. The molecule has 2 N–H and O–H groups in total. The summed E-state index contributed by atoms with van der Waals surface area (Å²) >= 11 is 7.35. The molecule has 0 fully saturated rings. The molecule has 0 radical (unpaired) electrons. The van der Waals surface area contributed by atoms with E-state index in [0.717, 1.165) is 11.6 Å². The first-order valence-corrected chi connectivity index (χ1v) is 10.2. The van der Waals surface area contributed by atoms with Gasteiger partial charge in [-0.25, -0.2) is 9.78 Å². The van der Waals surface area contributed by atoms with Gasteiger partial charge in [0, 0.05) is 41.7 Å². The molecule has 0 saturated heterocycles. The van der Waals surface area contributed by atoms with Crippen molar-refractivity contribution in [2.24, 2.45) is 0 Å². The smallest absolute Gasteiger partial charge is 0.340 e. The molecule has 0 atom stereocenters. The number of halogens is 1. The third-order valence-corrected chi connectivity index (χ3v) is 5.22. The molecule has 1 heterocycles. The number of anilines is 2. The zero-order valence-corrected chi connectivity index (χ0v) is 17.8. The lowest BCUT2D eigenvalue weighted by atomic mass is 10.1. The second kappa shape index (κ2) is 10.0. The van der Waals surface area contributed by atoms with Gasteiger partial charge in [-0.1, -0.05) is 29.8 Å². The predicted molar refractivity (Wildman–Crippen MR) is 117 cm³/mol. The molecular weight excluding hydrogens is 444 g/mol. The highest BCUT2D eigenvalue weighted by molar-refractivity contribution is 7.13. The number of ether oxygens (including phenoxy) is 1. The van der Waals surface area contributed by atoms with Crippen molar-refractivity contribution in [2.45, 2.75) is 20.1 Å². The number of non-ortho nitro benzene ring substituents is 1. The van der Waals surface area contributed by atoms with Crippen LogP contribution in [0.3, 0.4) is 0 Å². The van der Waals surface area contributed by atoms with Crippen LogP contribution in [0.15, 0.2) is 47.8 Å². The number of nitro benzene ring substituents is 1. The van der Waals surface area contributed by atoms with Gasteiger partial charge in [-0.3, -0.25) is 14.9 Å². The summed E-state index contributed by atoms with van der Waals surface area (Å²) in [5.74, 6) is -1.01. The van der Waals surface area contributed by atoms with Crippen LogP contribution in [0, 0.1) is 10.1 Å². The van der Waals surface area contributed by atoms with Crippen LogP contribution >= 0.6 is 22.9 Å². The van der Waals surface area contributed by atoms with Gasteiger partial charge in [-0.2, -0.15) is 0 Å². The number of nitro groups is 1. The summed E-state index contributed by atoms with van der Waals surface area (Å²) in [6, 6.07) is 11.1. The highest BCUT2D eigenvalue weighted by atomic mass is 35.5. The van der Waals surface area contributed by atoms with Crippen molar-refractivity contribution in [3.05, 3.63) is 79.8 Å². The normalized spacial score (nSPS) is 10.4. The molecule has 3 aromatic rings. The maximum Gasteiger partial charge on any atom is 0.340 e. The van der Waals surface area contributed by atoms with Gasteiger partial charge in [0.15, 0.2) is 5.13 Å². The van der Waals surface area contributed by atoms with Gasteiger partial charge in [0.2, 0.25) is 5.91 Å². The van der Waals surface area contributed by atoms with Gasteiger partial charge in [0.25, 0.3) is 5.69 Å². The van der Waals surface area contributed by atoms with E-state index >= 15 is 0 Å². The molecule has 2 aromatic carbocycles. The van der Waals surface area contributed by atoms with E-state index in [1.807, 2.05) is 12.1 Å². The van der Waals surface area contributed by atoms with Crippen LogP contribution in [0.25, 0.3) is 0 Å². The number of esters is 1. The topological polar surface area (TPSA) is 123 Å². The molecule has 1 aromatic heterocycles. The molecule has 160 valence electrons. The number of rotatable bonds is 8. The Morgan fingerprint density at radius 1 is 1.26 bits per heavy atom. The quantitative estimate of drug-likeness (QED) is 0.285. The summed E-state index contributed by atoms with van der Waals surface area (Å²) in [4.78, 5) is 38.5. The minimum absolute atomic E-state index is 0.0126. The number of hydrogen-bond acceptors (Lipinski definition) is 8. The fraction of sp³-hybridized carbons (Fsp3) is 0.150. The Kier molecular flexibility index (Phi) is 7.16. The first-order chi connectivity index (χ1) is 14.8. The van der Waals surface area contributed by atoms with Gasteiger partial charge in [-0.05, 0) is 17.7 Å². The van der Waals surface area contributed by atoms with E-state index in [1.165, 1.54) is 30.4 Å². The first-order valence-electron chi connectivity index (χ1n) is 8.98. The van der Waals surface area contributed by atoms with Crippen LogP contribution < -0.4 is 10.6 Å². The first kappa shape index (κ1) is 22.2. The van der Waals surface area contributed by atoms with Crippen molar-refractivity contribution in [1.82, 2.24) is 4.98 Å². The summed E-state index contributed by atoms with van der Waals surface area (Å²) in [6.07, 6.45) is 0. The second-order valence-corrected chi connectivity index (χ2v) is 7.60. The molecule has 0 spiro atoms. The molecule has 11 heteroatoms. The molecule has 1 amide bonds. The maximum absolute atomic E-state index is 12.7. The van der Waals surface area contributed by atoms with Crippen LogP contribution in [0.2, 0.25) is 5.02 Å². The summed E-state index contributed by atoms with van der Waals surface area (Å²) < 4.78 is 5.29. The molecule has 3 rings (SSSR count). The van der Waals surface area contributed by atoms with Gasteiger partial charge in [0.05, 0.1) is 16.2 Å². The predicted octanol–water partition coefficient (Wildman–Crippen LogP) is 4.63. The lowest BCUT2D eigenvalue weighted by molar-refractivity contribution is -0.384. The third-order valence-electron chi connectivity index (χ3n) is 4.05. The summed E-state index contributed by atoms with van der Waals surface area (Å²) in [5, 5.41) is 19.4. The van der Waals surface area contributed by atoms with Gasteiger partial charge in [-0.15, -0.1) is 11.3 Å². The van der Waals surface area contributed by atoms with E-state index < -0.39 is 10.9 Å². The Morgan fingerprint density at radius 2 is 2.03 bits per heavy atom. The fourth-order valence-corrected chi connectivity index (χ4v) is 3.54. The van der Waals surface area contributed by atoms with E-state index in [9.17, 15) is 19.7 Å². The Hall–Kier alpha value is -3.50. The minimum atomic E-state index is -0.751. The highest BCUT2D eigenvalue weighted by Crippen LogP contribution is 2.25. The van der Waals surface area contributed by atoms with E-state index in [2.05, 4.69) is 15.6 Å². The largest absolute Gasteiger partial charge is 0.455 e.